The second-order valence-electron chi connectivity index (χ2n) is 4.13. The first-order chi connectivity index (χ1) is 9.85. The van der Waals surface area contributed by atoms with Crippen molar-refractivity contribution in [3.63, 3.8) is 0 Å². The number of esters is 3. The maximum absolute atomic E-state index is 11.8. The Balaban J connectivity index is 3.18. The normalized spacial score (nSPS) is 13.0. The summed E-state index contributed by atoms with van der Waals surface area (Å²) in [7, 11) is 1.14. The van der Waals surface area contributed by atoms with Crippen LogP contribution in [0.2, 0.25) is 5.02 Å². The zero-order chi connectivity index (χ0) is 16.0. The molecule has 0 N–H and O–H groups in total. The average molecular weight is 315 g/mol. The van der Waals surface area contributed by atoms with E-state index in [4.69, 9.17) is 21.1 Å². The maximum atomic E-state index is 11.8. The van der Waals surface area contributed by atoms with Gasteiger partial charge in [-0.2, -0.15) is 0 Å². The van der Waals surface area contributed by atoms with E-state index in [-0.39, 0.29) is 0 Å². The van der Waals surface area contributed by atoms with Crippen LogP contribution in [0.4, 0.5) is 0 Å². The van der Waals surface area contributed by atoms with Gasteiger partial charge in [-0.1, -0.05) is 23.7 Å². The fraction of sp³-hybridized carbons (Fsp3) is 0.357. The molecule has 0 aliphatic heterocycles. The third-order valence-corrected chi connectivity index (χ3v) is 2.74. The van der Waals surface area contributed by atoms with Crippen LogP contribution in [-0.4, -0.2) is 31.1 Å². The van der Waals surface area contributed by atoms with Crippen molar-refractivity contribution in [3.05, 3.63) is 34.9 Å². The largest absolute Gasteiger partial charge is 0.466 e. The van der Waals surface area contributed by atoms with Gasteiger partial charge in [0.05, 0.1) is 7.11 Å². The monoisotopic (exact) mass is 314 g/mol. The number of carbonyl (C=O) groups excluding carboxylic acids is 3. The molecule has 0 unspecified atom stereocenters. The lowest BCUT2D eigenvalue weighted by atomic mass is 10.0. The van der Waals surface area contributed by atoms with Gasteiger partial charge in [-0.15, -0.1) is 0 Å². The minimum Gasteiger partial charge on any atom is -0.466 e. The summed E-state index contributed by atoms with van der Waals surface area (Å²) in [6, 6.07) is 6.26. The number of ether oxygens (including phenoxy) is 3. The van der Waals surface area contributed by atoms with Crippen LogP contribution >= 0.6 is 11.6 Å². The molecule has 0 saturated carbocycles. The van der Waals surface area contributed by atoms with Crippen molar-refractivity contribution in [1.82, 2.24) is 0 Å². The van der Waals surface area contributed by atoms with Crippen molar-refractivity contribution in [3.8, 4) is 0 Å². The van der Waals surface area contributed by atoms with Gasteiger partial charge in [-0.3, -0.25) is 9.59 Å². The molecule has 114 valence electrons. The van der Waals surface area contributed by atoms with Gasteiger partial charge < -0.3 is 14.2 Å². The first-order valence-electron chi connectivity index (χ1n) is 6.03. The smallest absolute Gasteiger partial charge is 0.351 e. The van der Waals surface area contributed by atoms with Gasteiger partial charge in [0.1, 0.15) is 0 Å². The molecule has 21 heavy (non-hydrogen) atoms. The van der Waals surface area contributed by atoms with Crippen molar-refractivity contribution >= 4 is 29.5 Å². The van der Waals surface area contributed by atoms with E-state index in [1.807, 2.05) is 0 Å². The fourth-order valence-electron chi connectivity index (χ4n) is 1.66. The van der Waals surface area contributed by atoms with Crippen LogP contribution in [0.25, 0.3) is 0 Å². The molecule has 0 aliphatic rings. The minimum absolute atomic E-state index is 0.450. The Kier molecular flexibility index (Phi) is 6.17. The number of benzene rings is 1. The molecular weight excluding hydrogens is 300 g/mol. The van der Waals surface area contributed by atoms with Crippen LogP contribution in [-0.2, 0) is 28.6 Å². The van der Waals surface area contributed by atoms with Gasteiger partial charge in [0.25, 0.3) is 0 Å². The maximum Gasteiger partial charge on any atom is 0.351 e. The summed E-state index contributed by atoms with van der Waals surface area (Å²) < 4.78 is 14.6. The van der Waals surface area contributed by atoms with E-state index in [0.29, 0.717) is 10.6 Å². The molecule has 0 heterocycles. The summed E-state index contributed by atoms with van der Waals surface area (Å²) in [5.41, 5.74) is 0.450. The summed E-state index contributed by atoms with van der Waals surface area (Å²) >= 11 is 5.79. The van der Waals surface area contributed by atoms with E-state index in [9.17, 15) is 14.4 Å². The summed E-state index contributed by atoms with van der Waals surface area (Å²) in [6.07, 6.45) is -2.51. The quantitative estimate of drug-likeness (QED) is 0.611. The molecule has 1 rings (SSSR count). The molecule has 1 aromatic rings. The van der Waals surface area contributed by atoms with Crippen LogP contribution in [0.15, 0.2) is 24.3 Å². The number of methoxy groups -OCH3 is 1. The molecule has 2 atom stereocenters. The zero-order valence-corrected chi connectivity index (χ0v) is 12.5. The van der Waals surface area contributed by atoms with E-state index < -0.39 is 30.1 Å². The van der Waals surface area contributed by atoms with Crippen LogP contribution in [0.5, 0.6) is 0 Å². The predicted molar refractivity (Wildman–Crippen MR) is 73.5 cm³/mol. The molecule has 6 nitrogen and oxygen atoms in total. The van der Waals surface area contributed by atoms with Gasteiger partial charge in [-0.05, 0) is 17.7 Å². The van der Waals surface area contributed by atoms with Gasteiger partial charge in [-0.25, -0.2) is 4.79 Å². The average Bonchev–Trinajstić information content (AvgIpc) is 2.42. The summed E-state index contributed by atoms with van der Waals surface area (Å²) in [5, 5.41) is 0.474. The Morgan fingerprint density at radius 2 is 1.52 bits per heavy atom. The Morgan fingerprint density at radius 3 is 1.95 bits per heavy atom. The molecule has 0 spiro atoms. The van der Waals surface area contributed by atoms with E-state index in [1.165, 1.54) is 6.92 Å². The molecule has 0 radical (unpaired) electrons. The Hall–Kier alpha value is -2.08. The number of halogens is 1. The third-order valence-electron chi connectivity index (χ3n) is 2.49. The van der Waals surface area contributed by atoms with Crippen molar-refractivity contribution in [2.45, 2.75) is 26.1 Å². The van der Waals surface area contributed by atoms with E-state index in [1.54, 1.807) is 24.3 Å². The first-order valence-corrected chi connectivity index (χ1v) is 6.40. The number of hydrogen-bond acceptors (Lipinski definition) is 6. The van der Waals surface area contributed by atoms with Gasteiger partial charge in [0, 0.05) is 18.9 Å². The van der Waals surface area contributed by atoms with Crippen LogP contribution in [0, 0.1) is 0 Å². The predicted octanol–water partition coefficient (Wildman–Crippen LogP) is 2.05. The highest BCUT2D eigenvalue weighted by molar-refractivity contribution is 6.30. The van der Waals surface area contributed by atoms with E-state index >= 15 is 0 Å². The highest BCUT2D eigenvalue weighted by atomic mass is 35.5. The van der Waals surface area contributed by atoms with Crippen molar-refractivity contribution < 1.29 is 28.6 Å². The minimum atomic E-state index is -1.39. The number of rotatable bonds is 5. The molecule has 1 aromatic carbocycles. The number of hydrogen-bond donors (Lipinski definition) is 0. The lowest BCUT2D eigenvalue weighted by Crippen LogP contribution is -2.36. The second-order valence-corrected chi connectivity index (χ2v) is 4.57. The van der Waals surface area contributed by atoms with Crippen molar-refractivity contribution in [2.24, 2.45) is 0 Å². The zero-order valence-electron chi connectivity index (χ0n) is 11.8. The topological polar surface area (TPSA) is 78.9 Å². The van der Waals surface area contributed by atoms with Crippen LogP contribution < -0.4 is 0 Å². The van der Waals surface area contributed by atoms with E-state index in [2.05, 4.69) is 4.74 Å². The van der Waals surface area contributed by atoms with Gasteiger partial charge in [0.2, 0.25) is 6.10 Å². The van der Waals surface area contributed by atoms with Gasteiger partial charge in [0.15, 0.2) is 6.10 Å². The Morgan fingerprint density at radius 1 is 1.00 bits per heavy atom. The van der Waals surface area contributed by atoms with Crippen LogP contribution in [0.1, 0.15) is 25.5 Å². The molecule has 0 bridgehead atoms. The molecular formula is C14H15ClO6. The number of carbonyl (C=O) groups is 3. The third kappa shape index (κ3) is 5.07. The molecule has 0 aromatic heterocycles. The lowest BCUT2D eigenvalue weighted by Gasteiger charge is -2.24. The lowest BCUT2D eigenvalue weighted by molar-refractivity contribution is -0.180. The molecule has 0 fully saturated rings. The molecule has 7 heteroatoms. The SMILES string of the molecule is COC(=O)[C@H](OC(C)=O)[C@H](OC(C)=O)c1ccc(Cl)cc1. The molecule has 0 amide bonds. The summed E-state index contributed by atoms with van der Waals surface area (Å²) in [5.74, 6) is -2.15. The van der Waals surface area contributed by atoms with Crippen molar-refractivity contribution in [2.75, 3.05) is 7.11 Å². The highest BCUT2D eigenvalue weighted by Gasteiger charge is 2.36. The Labute approximate surface area is 126 Å². The summed E-state index contributed by atoms with van der Waals surface area (Å²) in [4.78, 5) is 34.2. The van der Waals surface area contributed by atoms with Crippen molar-refractivity contribution in [1.29, 1.82) is 0 Å². The highest BCUT2D eigenvalue weighted by Crippen LogP contribution is 2.26. The van der Waals surface area contributed by atoms with Gasteiger partial charge >= 0.3 is 17.9 Å². The van der Waals surface area contributed by atoms with E-state index in [0.717, 1.165) is 14.0 Å². The first kappa shape index (κ1) is 17.0. The molecule has 0 aliphatic carbocycles. The van der Waals surface area contributed by atoms with Crippen LogP contribution in [0.3, 0.4) is 0 Å². The fourth-order valence-corrected chi connectivity index (χ4v) is 1.79. The Bertz CT molecular complexity index is 525. The standard InChI is InChI=1S/C14H15ClO6/c1-8(16)20-12(10-4-6-11(15)7-5-10)13(14(18)19-3)21-9(2)17/h4-7,12-13H,1-3H3/t12-,13-/m1/s1. The molecule has 0 saturated heterocycles. The summed E-state index contributed by atoms with van der Waals surface area (Å²) in [6.45, 7) is 2.33. The second kappa shape index (κ2) is 7.64.